The maximum atomic E-state index is 13.0. The average Bonchev–Trinajstić information content (AvgIpc) is 0.780. The van der Waals surface area contributed by atoms with Gasteiger partial charge in [0.05, 0.1) is 49.7 Å². The highest BCUT2D eigenvalue weighted by Crippen LogP contribution is 2.36. The number of ether oxygens (including phenoxy) is 4. The van der Waals surface area contributed by atoms with Crippen LogP contribution in [0.15, 0.2) is 133 Å². The van der Waals surface area contributed by atoms with Crippen molar-refractivity contribution in [2.75, 3.05) is 61.2 Å². The van der Waals surface area contributed by atoms with Crippen molar-refractivity contribution < 1.29 is 98.2 Å². The van der Waals surface area contributed by atoms with Crippen LogP contribution in [0, 0.1) is 0 Å². The lowest BCUT2D eigenvalue weighted by atomic mass is 9.88. The molecular weight excluding hydrogens is 1260 g/mol. The molecule has 506 valence electrons. The predicted octanol–water partition coefficient (Wildman–Crippen LogP) is 2.53. The highest BCUT2D eigenvalue weighted by Gasteiger charge is 2.57. The zero-order chi connectivity index (χ0) is 68.0. The van der Waals surface area contributed by atoms with Crippen LogP contribution in [0.4, 0.5) is 5.69 Å². The molecule has 0 saturated carbocycles. The normalized spacial score (nSPS) is 22.3. The van der Waals surface area contributed by atoms with Crippen LogP contribution in [0.25, 0.3) is 22.3 Å². The molecule has 5 aromatic carbocycles. The number of carbonyl (C=O) groups excluding carboxylic acids is 6. The van der Waals surface area contributed by atoms with Crippen LogP contribution < -0.4 is 31.9 Å². The van der Waals surface area contributed by atoms with Gasteiger partial charge in [0, 0.05) is 86.6 Å². The fourth-order valence-corrected chi connectivity index (χ4v) is 12.1. The molecule has 14 N–H and O–H groups in total. The Morgan fingerprint density at radius 3 is 1.28 bits per heavy atom. The third kappa shape index (κ3) is 20.8. The number of anilines is 1. The molecule has 0 spiro atoms. The van der Waals surface area contributed by atoms with Crippen LogP contribution in [0.2, 0.25) is 0 Å². The smallest absolute Gasteiger partial charge is 0.364 e. The highest BCUT2D eigenvalue weighted by molar-refractivity contribution is 7.99. The lowest BCUT2D eigenvalue weighted by Crippen LogP contribution is -2.68. The minimum atomic E-state index is -2.50. The van der Waals surface area contributed by atoms with E-state index in [-0.39, 0.29) is 55.5 Å². The van der Waals surface area contributed by atoms with E-state index in [1.54, 1.807) is 60.7 Å². The second kappa shape index (κ2) is 35.6. The standard InChI is InChI=1S/C66H80N6O20S2/c1-39(73)70-54-49(75)35-65(63(85)86,91-58(54)56(80)51(77)37-68-61(83)45-19-15-43(16-20-45)41-11-5-3-6-12-41)89-29-9-31-93-33-27-53(79)72-48-25-23-47(24-26-48)60(82)67-28-34-94-32-10-30-90-66(64(87)88)36-50(76)55(71-40(2)74)59(92-66)57(81)52(78)38-69-62(84)46-21-17-44(18-22-46)42-13-7-4-8-14-42/h3-8,11-26,49-52,54-59,75-78,80-81H,9-10,27-38H2,1-2H3,(H,67,82)(H,68,83)(H,69,84)(H,70,73)(H,71,74)(H,72,79)(H,85,86)(H,87,88)/t49-,50-,51+,52+,54+,55+,56+,57+,58+,59+,65+,66+/m0/s1. The molecule has 5 aromatic rings. The van der Waals surface area contributed by atoms with Crippen molar-refractivity contribution in [1.82, 2.24) is 26.6 Å². The third-order valence-corrected chi connectivity index (χ3v) is 17.6. The molecule has 7 rings (SSSR count). The van der Waals surface area contributed by atoms with E-state index in [0.29, 0.717) is 40.7 Å². The molecular formula is C66H80N6O20S2. The molecule has 12 atom stereocenters. The van der Waals surface area contributed by atoms with Gasteiger partial charge in [-0.2, -0.15) is 23.5 Å². The number of carboxylic acids is 2. The number of carboxylic acid groups (broad SMARTS) is 2. The van der Waals surface area contributed by atoms with Gasteiger partial charge in [-0.1, -0.05) is 84.9 Å². The first kappa shape index (κ1) is 73.6. The number of aliphatic hydroxyl groups excluding tert-OH is 6. The van der Waals surface area contributed by atoms with Gasteiger partial charge < -0.3 is 91.7 Å². The van der Waals surface area contributed by atoms with E-state index in [0.717, 1.165) is 36.1 Å². The maximum absolute atomic E-state index is 13.0. The largest absolute Gasteiger partial charge is 0.477 e. The number of rotatable bonds is 34. The second-order valence-electron chi connectivity index (χ2n) is 22.5. The molecule has 28 heteroatoms. The molecule has 6 amide bonds. The Balaban J connectivity index is 0.773. The number of nitrogens with one attached hydrogen (secondary N) is 6. The molecule has 2 aliphatic rings. The topological polar surface area (TPSA) is 408 Å². The summed E-state index contributed by atoms with van der Waals surface area (Å²) in [4.78, 5) is 101. The molecule has 2 aliphatic heterocycles. The van der Waals surface area contributed by atoms with E-state index < -0.39 is 134 Å². The first-order chi connectivity index (χ1) is 45.0. The molecule has 94 heavy (non-hydrogen) atoms. The summed E-state index contributed by atoms with van der Waals surface area (Å²) in [7, 11) is 0. The van der Waals surface area contributed by atoms with Crippen LogP contribution in [-0.4, -0.2) is 217 Å². The monoisotopic (exact) mass is 1340 g/mol. The number of hydrogen-bond donors (Lipinski definition) is 14. The van der Waals surface area contributed by atoms with E-state index in [2.05, 4.69) is 31.9 Å². The van der Waals surface area contributed by atoms with Crippen molar-refractivity contribution >= 4 is 76.6 Å². The van der Waals surface area contributed by atoms with Crippen molar-refractivity contribution in [2.24, 2.45) is 0 Å². The van der Waals surface area contributed by atoms with Gasteiger partial charge in [0.15, 0.2) is 0 Å². The Labute approximate surface area is 550 Å². The highest BCUT2D eigenvalue weighted by atomic mass is 32.2. The van der Waals surface area contributed by atoms with Gasteiger partial charge in [-0.05, 0) is 95.1 Å². The van der Waals surface area contributed by atoms with Crippen molar-refractivity contribution in [3.05, 3.63) is 150 Å². The Kier molecular flexibility index (Phi) is 27.9. The lowest BCUT2D eigenvalue weighted by molar-refractivity contribution is -0.310. The van der Waals surface area contributed by atoms with Gasteiger partial charge in [0.2, 0.25) is 17.7 Å². The summed E-state index contributed by atoms with van der Waals surface area (Å²) >= 11 is 2.80. The van der Waals surface area contributed by atoms with E-state index in [9.17, 15) is 79.2 Å². The van der Waals surface area contributed by atoms with E-state index in [4.69, 9.17) is 18.9 Å². The average molecular weight is 1340 g/mol. The Bertz CT molecular complexity index is 3320. The quantitative estimate of drug-likeness (QED) is 0.0263. The van der Waals surface area contributed by atoms with Gasteiger partial charge >= 0.3 is 11.9 Å². The lowest BCUT2D eigenvalue weighted by Gasteiger charge is -2.46. The fraction of sp³-hybridized carbons (Fsp3) is 0.424. The van der Waals surface area contributed by atoms with Crippen LogP contribution in [0.3, 0.4) is 0 Å². The number of benzene rings is 5. The molecule has 26 nitrogen and oxygen atoms in total. The first-order valence-electron chi connectivity index (χ1n) is 30.4. The van der Waals surface area contributed by atoms with Crippen LogP contribution in [-0.2, 0) is 42.9 Å². The maximum Gasteiger partial charge on any atom is 0.364 e. The minimum Gasteiger partial charge on any atom is -0.477 e. The molecule has 0 radical (unpaired) electrons. The molecule has 2 saturated heterocycles. The number of carbonyl (C=O) groups is 8. The Morgan fingerprint density at radius 2 is 0.883 bits per heavy atom. The second-order valence-corrected chi connectivity index (χ2v) is 24.9. The zero-order valence-electron chi connectivity index (χ0n) is 51.7. The minimum absolute atomic E-state index is 0.101. The van der Waals surface area contributed by atoms with Gasteiger partial charge in [-0.25, -0.2) is 9.59 Å². The van der Waals surface area contributed by atoms with E-state index >= 15 is 0 Å². The van der Waals surface area contributed by atoms with Gasteiger partial charge in [-0.3, -0.25) is 28.8 Å². The van der Waals surface area contributed by atoms with Crippen molar-refractivity contribution in [3.8, 4) is 22.3 Å². The van der Waals surface area contributed by atoms with Gasteiger partial charge in [0.25, 0.3) is 29.3 Å². The van der Waals surface area contributed by atoms with Crippen LogP contribution in [0.1, 0.15) is 77.0 Å². The Morgan fingerprint density at radius 1 is 0.511 bits per heavy atom. The summed E-state index contributed by atoms with van der Waals surface area (Å²) in [5.41, 5.74) is 4.93. The summed E-state index contributed by atoms with van der Waals surface area (Å²) < 4.78 is 23.2. The van der Waals surface area contributed by atoms with Crippen molar-refractivity contribution in [2.45, 2.75) is 118 Å². The summed E-state index contributed by atoms with van der Waals surface area (Å²) in [6, 6.07) is 35.9. The summed E-state index contributed by atoms with van der Waals surface area (Å²) in [6.45, 7) is 1.16. The molecule has 0 aromatic heterocycles. The van der Waals surface area contributed by atoms with E-state index in [1.165, 1.54) is 35.7 Å². The molecule has 2 heterocycles. The summed E-state index contributed by atoms with van der Waals surface area (Å²) in [5.74, 6) is -9.65. The molecule has 0 unspecified atom stereocenters. The van der Waals surface area contributed by atoms with Crippen LogP contribution in [0.5, 0.6) is 0 Å². The number of aliphatic carboxylic acids is 2. The SMILES string of the molecule is CC(=O)N[C@H]1[C@H]([C@H](O)[C@H](O)CNC(=O)c2ccc(-c3ccccc3)cc2)O[C@@](OCCCSCCNC(=O)c2ccc(NC(=O)CCSCCCO[C@]3(C(=O)O)C[C@H](O)[C@@H](NC(C)=O)[C@H]([C@H](O)[C@H](O)CNC(=O)c4ccc(-c5ccccc5)cc4)O3)cc2)(C(=O)O)C[C@@H]1O. The number of thioether (sulfide) groups is 2. The third-order valence-electron chi connectivity index (χ3n) is 15.4. The fourth-order valence-electron chi connectivity index (χ4n) is 10.5. The number of aliphatic hydroxyl groups is 6. The summed E-state index contributed by atoms with van der Waals surface area (Å²) in [6.07, 6.45) is -14.6. The zero-order valence-corrected chi connectivity index (χ0v) is 53.3. The molecule has 0 bridgehead atoms. The van der Waals surface area contributed by atoms with Crippen molar-refractivity contribution in [1.29, 1.82) is 0 Å². The van der Waals surface area contributed by atoms with Gasteiger partial charge in [-0.15, -0.1) is 0 Å². The van der Waals surface area contributed by atoms with Crippen molar-refractivity contribution in [3.63, 3.8) is 0 Å². The summed E-state index contributed by atoms with van der Waals surface area (Å²) in [5, 5.41) is 103. The first-order valence-corrected chi connectivity index (χ1v) is 32.7. The van der Waals surface area contributed by atoms with Gasteiger partial charge in [0.1, 0.15) is 24.4 Å². The molecule has 0 aliphatic carbocycles. The molecule has 2 fully saturated rings. The Hall–Kier alpha value is -7.84. The number of amides is 6. The van der Waals surface area contributed by atoms with E-state index in [1.807, 2.05) is 60.7 Å². The predicted molar refractivity (Wildman–Crippen MR) is 347 cm³/mol. The number of hydrogen-bond acceptors (Lipinski definition) is 20. The van der Waals surface area contributed by atoms with Crippen LogP contribution >= 0.6 is 23.5 Å².